The number of aromatic amines is 1. The number of aromatic nitrogens is 1. The van der Waals surface area contributed by atoms with Crippen LogP contribution in [0.15, 0.2) is 29.1 Å². The van der Waals surface area contributed by atoms with E-state index in [1.54, 1.807) is 45.0 Å². The fourth-order valence-electron chi connectivity index (χ4n) is 3.90. The van der Waals surface area contributed by atoms with Crippen molar-refractivity contribution in [3.8, 4) is 6.07 Å². The molecule has 1 aliphatic heterocycles. The molecule has 9 nitrogen and oxygen atoms in total. The lowest BCUT2D eigenvalue weighted by molar-refractivity contribution is -0.148. The molecule has 1 aliphatic rings. The Morgan fingerprint density at radius 1 is 1.25 bits per heavy atom. The molecule has 2 amide bonds. The van der Waals surface area contributed by atoms with Crippen molar-refractivity contribution in [3.05, 3.63) is 57.0 Å². The molecule has 0 saturated carbocycles. The minimum Gasteiger partial charge on any atom is -0.456 e. The second-order valence-corrected chi connectivity index (χ2v) is 7.71. The number of carbonyl (C=O) groups excluding carboxylic acids is 3. The van der Waals surface area contributed by atoms with Crippen LogP contribution >= 0.6 is 0 Å². The number of ether oxygens (including phenoxy) is 1. The van der Waals surface area contributed by atoms with E-state index in [1.807, 2.05) is 6.07 Å². The summed E-state index contributed by atoms with van der Waals surface area (Å²) >= 11 is 0. The van der Waals surface area contributed by atoms with Crippen molar-refractivity contribution in [1.82, 2.24) is 4.98 Å². The molecule has 9 heteroatoms. The summed E-state index contributed by atoms with van der Waals surface area (Å²) in [5.74, 6) is -1.20. The highest BCUT2D eigenvalue weighted by Crippen LogP contribution is 2.31. The van der Waals surface area contributed by atoms with Gasteiger partial charge in [0.15, 0.2) is 6.61 Å². The minimum atomic E-state index is -0.577. The predicted octanol–water partition coefficient (Wildman–Crippen LogP) is 2.10. The number of pyridine rings is 1. The van der Waals surface area contributed by atoms with Gasteiger partial charge in [0.1, 0.15) is 11.6 Å². The van der Waals surface area contributed by atoms with Gasteiger partial charge in [-0.3, -0.25) is 19.2 Å². The van der Waals surface area contributed by atoms with Gasteiger partial charge >= 0.3 is 5.97 Å². The molecule has 1 aromatic carbocycles. The van der Waals surface area contributed by atoms with Crippen LogP contribution in [-0.2, 0) is 25.5 Å². The SMILES string of the molecule is Cc1[nH]c(=O)c(C#N)c(C)c1CCC(=O)OCC(=O)N1c2ccccc2NC(=O)CC1C. The van der Waals surface area contributed by atoms with Crippen LogP contribution in [0.5, 0.6) is 0 Å². The quantitative estimate of drug-likeness (QED) is 0.690. The van der Waals surface area contributed by atoms with E-state index >= 15 is 0 Å². The number of anilines is 2. The number of benzene rings is 1. The molecule has 2 heterocycles. The fourth-order valence-corrected chi connectivity index (χ4v) is 3.90. The van der Waals surface area contributed by atoms with Crippen molar-refractivity contribution in [1.29, 1.82) is 5.26 Å². The zero-order valence-electron chi connectivity index (χ0n) is 18.2. The number of hydrogen-bond donors (Lipinski definition) is 2. The molecule has 0 bridgehead atoms. The maximum absolute atomic E-state index is 12.9. The lowest BCUT2D eigenvalue weighted by Crippen LogP contribution is -2.41. The molecular formula is C23H24N4O5. The maximum atomic E-state index is 12.9. The molecule has 2 aromatic rings. The first-order valence-corrected chi connectivity index (χ1v) is 10.2. The topological polar surface area (TPSA) is 132 Å². The van der Waals surface area contributed by atoms with Crippen LogP contribution in [0.1, 0.15) is 42.1 Å². The first kappa shape index (κ1) is 22.7. The van der Waals surface area contributed by atoms with Crippen LogP contribution in [0.3, 0.4) is 0 Å². The van der Waals surface area contributed by atoms with E-state index < -0.39 is 30.1 Å². The Balaban J connectivity index is 1.66. The number of carbonyl (C=O) groups is 3. The average molecular weight is 436 g/mol. The maximum Gasteiger partial charge on any atom is 0.306 e. The largest absolute Gasteiger partial charge is 0.456 e. The zero-order valence-corrected chi connectivity index (χ0v) is 18.2. The molecule has 1 aromatic heterocycles. The number of nitrogens with one attached hydrogen (secondary N) is 2. The predicted molar refractivity (Wildman–Crippen MR) is 117 cm³/mol. The van der Waals surface area contributed by atoms with Crippen LogP contribution in [0.25, 0.3) is 0 Å². The third kappa shape index (κ3) is 4.70. The van der Waals surface area contributed by atoms with E-state index in [2.05, 4.69) is 10.3 Å². The molecule has 0 aliphatic carbocycles. The Bertz CT molecular complexity index is 1180. The lowest BCUT2D eigenvalue weighted by atomic mass is 9.99. The second-order valence-electron chi connectivity index (χ2n) is 7.71. The first-order chi connectivity index (χ1) is 15.2. The summed E-state index contributed by atoms with van der Waals surface area (Å²) in [6, 6.07) is 8.44. The highest BCUT2D eigenvalue weighted by atomic mass is 16.5. The van der Waals surface area contributed by atoms with E-state index in [0.29, 0.717) is 28.2 Å². The summed E-state index contributed by atoms with van der Waals surface area (Å²) in [4.78, 5) is 53.1. The minimum absolute atomic E-state index is 0.0158. The summed E-state index contributed by atoms with van der Waals surface area (Å²) in [6.45, 7) is 4.67. The van der Waals surface area contributed by atoms with E-state index in [1.165, 1.54) is 4.90 Å². The number of aryl methyl sites for hydroxylation is 1. The number of H-pyrrole nitrogens is 1. The molecular weight excluding hydrogens is 412 g/mol. The summed E-state index contributed by atoms with van der Waals surface area (Å²) in [7, 11) is 0. The van der Waals surface area contributed by atoms with Gasteiger partial charge in [-0.25, -0.2) is 0 Å². The van der Waals surface area contributed by atoms with Gasteiger partial charge in [-0.05, 0) is 50.5 Å². The number of fused-ring (bicyclic) bond motifs is 1. The monoisotopic (exact) mass is 436 g/mol. The van der Waals surface area contributed by atoms with Crippen LogP contribution in [0.2, 0.25) is 0 Å². The van der Waals surface area contributed by atoms with Crippen LogP contribution in [0, 0.1) is 25.2 Å². The molecule has 3 rings (SSSR count). The number of para-hydroxylation sites is 2. The summed E-state index contributed by atoms with van der Waals surface area (Å²) in [5, 5.41) is 11.9. The van der Waals surface area contributed by atoms with Crippen LogP contribution in [-0.4, -0.2) is 35.4 Å². The fraction of sp³-hybridized carbons (Fsp3) is 0.348. The number of esters is 1. The van der Waals surface area contributed by atoms with Gasteiger partial charge in [-0.1, -0.05) is 12.1 Å². The average Bonchev–Trinajstić information content (AvgIpc) is 2.86. The van der Waals surface area contributed by atoms with Gasteiger partial charge in [-0.15, -0.1) is 0 Å². The van der Waals surface area contributed by atoms with Crippen molar-refractivity contribution in [2.24, 2.45) is 0 Å². The van der Waals surface area contributed by atoms with E-state index in [4.69, 9.17) is 10.00 Å². The van der Waals surface area contributed by atoms with E-state index in [-0.39, 0.29) is 30.7 Å². The molecule has 2 N–H and O–H groups in total. The summed E-state index contributed by atoms with van der Waals surface area (Å²) < 4.78 is 5.20. The Hall–Kier alpha value is -3.93. The van der Waals surface area contributed by atoms with Gasteiger partial charge < -0.3 is 19.9 Å². The van der Waals surface area contributed by atoms with Crippen molar-refractivity contribution >= 4 is 29.2 Å². The molecule has 0 saturated heterocycles. The molecule has 32 heavy (non-hydrogen) atoms. The highest BCUT2D eigenvalue weighted by Gasteiger charge is 2.30. The standard InChI is InChI=1S/C23H24N4O5/c1-13-10-20(28)26-18-6-4-5-7-19(18)27(13)21(29)12-32-22(30)9-8-16-14(2)17(11-24)23(31)25-15(16)3/h4-7,13H,8-10,12H2,1-3H3,(H,25,31)(H,26,28). The molecule has 0 fully saturated rings. The Labute approximate surface area is 185 Å². The zero-order chi connectivity index (χ0) is 23.4. The van der Waals surface area contributed by atoms with E-state index in [0.717, 1.165) is 0 Å². The number of nitriles is 1. The second kappa shape index (κ2) is 9.47. The normalized spacial score (nSPS) is 15.2. The van der Waals surface area contributed by atoms with Crippen molar-refractivity contribution < 1.29 is 19.1 Å². The Morgan fingerprint density at radius 2 is 1.97 bits per heavy atom. The lowest BCUT2D eigenvalue weighted by Gasteiger charge is -2.27. The van der Waals surface area contributed by atoms with Gasteiger partial charge in [-0.2, -0.15) is 5.26 Å². The molecule has 166 valence electrons. The molecule has 1 atom stereocenters. The highest BCUT2D eigenvalue weighted by molar-refractivity contribution is 6.05. The van der Waals surface area contributed by atoms with Crippen molar-refractivity contribution in [2.75, 3.05) is 16.8 Å². The number of rotatable bonds is 5. The smallest absolute Gasteiger partial charge is 0.306 e. The van der Waals surface area contributed by atoms with E-state index in [9.17, 15) is 19.2 Å². The third-order valence-corrected chi connectivity index (χ3v) is 5.48. The molecule has 0 radical (unpaired) electrons. The van der Waals surface area contributed by atoms with Crippen LogP contribution < -0.4 is 15.8 Å². The van der Waals surface area contributed by atoms with Gasteiger partial charge in [0.25, 0.3) is 11.5 Å². The Morgan fingerprint density at radius 3 is 2.69 bits per heavy atom. The van der Waals surface area contributed by atoms with Gasteiger partial charge in [0.2, 0.25) is 5.91 Å². The number of hydrogen-bond acceptors (Lipinski definition) is 6. The molecule has 0 spiro atoms. The third-order valence-electron chi connectivity index (χ3n) is 5.48. The summed E-state index contributed by atoms with van der Waals surface area (Å²) in [5.41, 5.74) is 2.45. The number of nitrogens with zero attached hydrogens (tertiary/aromatic N) is 2. The van der Waals surface area contributed by atoms with Crippen molar-refractivity contribution in [3.63, 3.8) is 0 Å². The van der Waals surface area contributed by atoms with Gasteiger partial charge in [0.05, 0.1) is 11.4 Å². The number of amides is 2. The van der Waals surface area contributed by atoms with Crippen molar-refractivity contribution in [2.45, 2.75) is 46.1 Å². The summed E-state index contributed by atoms with van der Waals surface area (Å²) in [6.07, 6.45) is 0.371. The van der Waals surface area contributed by atoms with Crippen LogP contribution in [0.4, 0.5) is 11.4 Å². The molecule has 1 unspecified atom stereocenters. The first-order valence-electron chi connectivity index (χ1n) is 10.2. The Kier molecular flexibility index (Phi) is 6.73. The van der Waals surface area contributed by atoms with Gasteiger partial charge in [0, 0.05) is 24.6 Å².